The molecule has 2 aliphatic heterocycles. The van der Waals surface area contributed by atoms with Gasteiger partial charge in [-0.25, -0.2) is 0 Å². The molecule has 151 valence electrons. The van der Waals surface area contributed by atoms with Gasteiger partial charge in [0.25, 0.3) is 5.91 Å². The number of hydrogen-bond donors (Lipinski definition) is 1. The van der Waals surface area contributed by atoms with Crippen LogP contribution in [0.15, 0.2) is 18.2 Å². The first-order valence-corrected chi connectivity index (χ1v) is 10.4. The van der Waals surface area contributed by atoms with Crippen molar-refractivity contribution < 1.29 is 46.8 Å². The smallest absolute Gasteiger partial charge is 0.279 e. The second-order valence-electron chi connectivity index (χ2n) is 8.41. The molecule has 0 aliphatic carbocycles. The average Bonchev–Trinajstić information content (AvgIpc) is 3.19. The van der Waals surface area contributed by atoms with Gasteiger partial charge in [0.2, 0.25) is 5.91 Å². The predicted octanol–water partition coefficient (Wildman–Crippen LogP) is 3.11. The number of aryl methyl sites for hydroxylation is 2. The van der Waals surface area contributed by atoms with Crippen molar-refractivity contribution >= 4 is 17.5 Å². The number of amides is 2. The van der Waals surface area contributed by atoms with E-state index in [-0.39, 0.29) is 44.5 Å². The van der Waals surface area contributed by atoms with Gasteiger partial charge in [-0.1, -0.05) is 18.2 Å². The van der Waals surface area contributed by atoms with Gasteiger partial charge in [-0.15, -0.1) is 0 Å². The minimum absolute atomic E-state index is 0. The maximum absolute atomic E-state index is 12.9. The third-order valence-corrected chi connectivity index (χ3v) is 6.46. The Labute approximate surface area is 194 Å². The van der Waals surface area contributed by atoms with Crippen LogP contribution in [-0.2, 0) is 42.3 Å². The summed E-state index contributed by atoms with van der Waals surface area (Å²) in [5.41, 5.74) is 3.11. The molecular formula is C22H34N3O2Y+. The van der Waals surface area contributed by atoms with Crippen molar-refractivity contribution in [1.82, 2.24) is 4.90 Å². The summed E-state index contributed by atoms with van der Waals surface area (Å²) in [7, 11) is 0. The normalized spacial score (nSPS) is 24.5. The van der Waals surface area contributed by atoms with Crippen molar-refractivity contribution in [3.05, 3.63) is 29.3 Å². The number of carbonyl (C=O) groups excluding carboxylic acids is 2. The van der Waals surface area contributed by atoms with Gasteiger partial charge in [0.15, 0.2) is 6.54 Å². The third-order valence-electron chi connectivity index (χ3n) is 6.46. The minimum atomic E-state index is 0. The van der Waals surface area contributed by atoms with Gasteiger partial charge in [0, 0.05) is 51.5 Å². The summed E-state index contributed by atoms with van der Waals surface area (Å²) in [6.45, 7) is 11.2. The average molecular weight is 461 g/mol. The number of hydrogen-bond acceptors (Lipinski definition) is 2. The fraction of sp³-hybridized carbons (Fsp3) is 0.636. The zero-order valence-corrected chi connectivity index (χ0v) is 20.5. The summed E-state index contributed by atoms with van der Waals surface area (Å²) in [6, 6.07) is 6.07. The number of para-hydroxylation sites is 1. The van der Waals surface area contributed by atoms with Crippen molar-refractivity contribution in [3.63, 3.8) is 0 Å². The first-order valence-electron chi connectivity index (χ1n) is 10.4. The van der Waals surface area contributed by atoms with Gasteiger partial charge in [-0.2, -0.15) is 0 Å². The molecule has 1 aromatic carbocycles. The van der Waals surface area contributed by atoms with Crippen LogP contribution in [0.1, 0.15) is 43.7 Å². The molecule has 0 spiro atoms. The molecule has 5 nitrogen and oxygen atoms in total. The van der Waals surface area contributed by atoms with Gasteiger partial charge < -0.3 is 14.7 Å². The fourth-order valence-corrected chi connectivity index (χ4v) is 4.76. The van der Waals surface area contributed by atoms with Crippen molar-refractivity contribution in [2.45, 2.75) is 46.5 Å². The van der Waals surface area contributed by atoms with Crippen molar-refractivity contribution in [3.8, 4) is 0 Å². The van der Waals surface area contributed by atoms with E-state index < -0.39 is 0 Å². The molecule has 6 heteroatoms. The largest absolute Gasteiger partial charge is 0.342 e. The van der Waals surface area contributed by atoms with Crippen LogP contribution in [-0.4, -0.2) is 60.5 Å². The predicted molar refractivity (Wildman–Crippen MR) is 108 cm³/mol. The van der Waals surface area contributed by atoms with E-state index in [1.807, 2.05) is 36.9 Å². The summed E-state index contributed by atoms with van der Waals surface area (Å²) < 4.78 is 0.723. The molecule has 2 heterocycles. The molecule has 2 amide bonds. The number of likely N-dealkylation sites (tertiary alicyclic amines) is 2. The molecule has 0 aromatic heterocycles. The molecule has 3 rings (SSSR count). The van der Waals surface area contributed by atoms with Crippen LogP contribution in [0.3, 0.4) is 0 Å². The minimum Gasteiger partial charge on any atom is -0.342 e. The molecular weight excluding hydrogens is 427 g/mol. The van der Waals surface area contributed by atoms with Crippen LogP contribution in [0.25, 0.3) is 0 Å². The molecule has 28 heavy (non-hydrogen) atoms. The summed E-state index contributed by atoms with van der Waals surface area (Å²) >= 11 is 0. The number of quaternary nitrogens is 1. The van der Waals surface area contributed by atoms with Crippen LogP contribution >= 0.6 is 0 Å². The SMILES string of the molecule is CC[N+]1(CC(=O)Nc2c(C)cccc2C)CCCC(C(=O)N2CCCC2)C1.[Y]. The molecule has 2 atom stereocenters. The van der Waals surface area contributed by atoms with Gasteiger partial charge in [0.05, 0.1) is 25.6 Å². The fourth-order valence-electron chi connectivity index (χ4n) is 4.76. The number of anilines is 1. The van der Waals surface area contributed by atoms with E-state index in [1.54, 1.807) is 0 Å². The third kappa shape index (κ3) is 5.43. The van der Waals surface area contributed by atoms with Gasteiger partial charge in [-0.05, 0) is 57.6 Å². The summed E-state index contributed by atoms with van der Waals surface area (Å²) in [4.78, 5) is 27.8. The van der Waals surface area contributed by atoms with Crippen LogP contribution in [0.4, 0.5) is 5.69 Å². The summed E-state index contributed by atoms with van der Waals surface area (Å²) in [6.07, 6.45) is 4.25. The molecule has 2 saturated heterocycles. The standard InChI is InChI=1S/C22H33N3O2.Y/c1-4-25(16-20(26)23-21-17(2)9-7-10-18(21)3)14-8-11-19(15-25)22(27)24-12-5-6-13-24;/h7,9-10,19H,4-6,8,11-16H2,1-3H3;/p+1. The zero-order valence-electron chi connectivity index (χ0n) is 17.7. The Kier molecular flexibility index (Phi) is 8.66. The van der Waals surface area contributed by atoms with Gasteiger partial charge >= 0.3 is 0 Å². The summed E-state index contributed by atoms with van der Waals surface area (Å²) in [5.74, 6) is 0.451. The number of nitrogens with one attached hydrogen (secondary N) is 1. The number of nitrogens with zero attached hydrogens (tertiary/aromatic N) is 2. The van der Waals surface area contributed by atoms with Gasteiger partial charge in [0.1, 0.15) is 0 Å². The number of carbonyl (C=O) groups is 2. The Hall–Kier alpha value is -0.776. The van der Waals surface area contributed by atoms with Crippen molar-refractivity contribution in [1.29, 1.82) is 0 Å². The van der Waals surface area contributed by atoms with Crippen LogP contribution < -0.4 is 5.32 Å². The Morgan fingerprint density at radius 2 is 1.79 bits per heavy atom. The molecule has 1 N–H and O–H groups in total. The monoisotopic (exact) mass is 461 g/mol. The van der Waals surface area contributed by atoms with E-state index in [0.717, 1.165) is 79.7 Å². The number of rotatable bonds is 5. The Morgan fingerprint density at radius 1 is 1.14 bits per heavy atom. The van der Waals surface area contributed by atoms with E-state index in [9.17, 15) is 9.59 Å². The Balaban J connectivity index is 0.00000280. The van der Waals surface area contributed by atoms with Crippen molar-refractivity contribution in [2.75, 3.05) is 44.6 Å². The van der Waals surface area contributed by atoms with E-state index in [1.165, 1.54) is 0 Å². The van der Waals surface area contributed by atoms with E-state index in [2.05, 4.69) is 12.2 Å². The topological polar surface area (TPSA) is 49.4 Å². The van der Waals surface area contributed by atoms with Crippen LogP contribution in [0.2, 0.25) is 0 Å². The molecule has 1 radical (unpaired) electrons. The second-order valence-corrected chi connectivity index (χ2v) is 8.41. The van der Waals surface area contributed by atoms with E-state index in [0.29, 0.717) is 12.5 Å². The van der Waals surface area contributed by atoms with Crippen molar-refractivity contribution in [2.24, 2.45) is 5.92 Å². The molecule has 2 unspecified atom stereocenters. The van der Waals surface area contributed by atoms with E-state index >= 15 is 0 Å². The second kappa shape index (κ2) is 10.3. The number of benzene rings is 1. The molecule has 0 saturated carbocycles. The molecule has 2 fully saturated rings. The Morgan fingerprint density at radius 3 is 2.39 bits per heavy atom. The Bertz CT molecular complexity index is 683. The zero-order chi connectivity index (χ0) is 19.4. The van der Waals surface area contributed by atoms with Crippen LogP contribution in [0, 0.1) is 19.8 Å². The molecule has 0 bridgehead atoms. The maximum atomic E-state index is 12.9. The van der Waals surface area contributed by atoms with Crippen LogP contribution in [0.5, 0.6) is 0 Å². The number of likely N-dealkylation sites (N-methyl/N-ethyl adjacent to an activating group) is 1. The first-order chi connectivity index (χ1) is 12.9. The van der Waals surface area contributed by atoms with Gasteiger partial charge in [-0.3, -0.25) is 9.59 Å². The summed E-state index contributed by atoms with van der Waals surface area (Å²) in [5, 5.41) is 3.13. The first kappa shape index (κ1) is 23.5. The number of piperidine rings is 1. The quantitative estimate of drug-likeness (QED) is 0.686. The maximum Gasteiger partial charge on any atom is 0.279 e. The molecule has 2 aliphatic rings. The van der Waals surface area contributed by atoms with E-state index in [4.69, 9.17) is 0 Å². The molecule has 1 aromatic rings.